The van der Waals surface area contributed by atoms with E-state index in [4.69, 9.17) is 16.3 Å². The van der Waals surface area contributed by atoms with E-state index in [1.54, 1.807) is 36.5 Å². The Morgan fingerprint density at radius 1 is 1.41 bits per heavy atom. The first-order valence-corrected chi connectivity index (χ1v) is 7.41. The van der Waals surface area contributed by atoms with Crippen LogP contribution in [0.2, 0.25) is 5.02 Å². The number of nitrogens with zero attached hydrogens (tertiary/aromatic N) is 2. The van der Waals surface area contributed by atoms with Crippen LogP contribution in [0.25, 0.3) is 0 Å². The van der Waals surface area contributed by atoms with Crippen LogP contribution in [0.4, 0.5) is 0 Å². The zero-order valence-electron chi connectivity index (χ0n) is 12.9. The van der Waals surface area contributed by atoms with Gasteiger partial charge in [-0.1, -0.05) is 17.7 Å². The maximum atomic E-state index is 12.3. The number of aromatic nitrogens is 1. The third-order valence-electron chi connectivity index (χ3n) is 3.63. The van der Waals surface area contributed by atoms with Gasteiger partial charge in [-0.05, 0) is 49.2 Å². The van der Waals surface area contributed by atoms with Crippen molar-refractivity contribution in [3.63, 3.8) is 0 Å². The molecule has 22 heavy (non-hydrogen) atoms. The van der Waals surface area contributed by atoms with E-state index >= 15 is 0 Å². The number of hydrogen-bond donors (Lipinski definition) is 0. The molecule has 2 aromatic rings. The van der Waals surface area contributed by atoms with Crippen LogP contribution >= 0.6 is 11.6 Å². The van der Waals surface area contributed by atoms with Crippen molar-refractivity contribution in [2.45, 2.75) is 19.9 Å². The quantitative estimate of drug-likeness (QED) is 0.845. The molecule has 5 heteroatoms. The summed E-state index contributed by atoms with van der Waals surface area (Å²) in [5.74, 6) is 0.575. The van der Waals surface area contributed by atoms with Crippen LogP contribution in [0.3, 0.4) is 0 Å². The van der Waals surface area contributed by atoms with Gasteiger partial charge in [0.05, 0.1) is 6.04 Å². The van der Waals surface area contributed by atoms with Crippen LogP contribution in [0.15, 0.2) is 42.7 Å². The number of aryl methyl sites for hydroxylation is 1. The normalized spacial score (nSPS) is 11.8. The molecule has 1 heterocycles. The van der Waals surface area contributed by atoms with E-state index in [-0.39, 0.29) is 18.6 Å². The molecule has 0 N–H and O–H groups in total. The van der Waals surface area contributed by atoms with E-state index < -0.39 is 0 Å². The Kier molecular flexibility index (Phi) is 5.39. The first-order valence-electron chi connectivity index (χ1n) is 7.03. The summed E-state index contributed by atoms with van der Waals surface area (Å²) in [7, 11) is 1.76. The first kappa shape index (κ1) is 16.3. The molecule has 1 aromatic carbocycles. The van der Waals surface area contributed by atoms with Gasteiger partial charge in [-0.3, -0.25) is 9.78 Å². The minimum absolute atomic E-state index is 0.0103. The zero-order chi connectivity index (χ0) is 16.1. The van der Waals surface area contributed by atoms with E-state index in [9.17, 15) is 4.79 Å². The Balaban J connectivity index is 1.97. The number of rotatable bonds is 5. The molecular formula is C17H19ClN2O2. The number of hydrogen-bond acceptors (Lipinski definition) is 3. The van der Waals surface area contributed by atoms with E-state index in [0.717, 1.165) is 11.1 Å². The van der Waals surface area contributed by atoms with Crippen LogP contribution in [-0.4, -0.2) is 29.4 Å². The Bertz CT molecular complexity index is 646. The molecule has 0 aliphatic heterocycles. The molecule has 0 bridgehead atoms. The number of likely N-dealkylation sites (N-methyl/N-ethyl adjacent to an activating group) is 1. The topological polar surface area (TPSA) is 42.4 Å². The van der Waals surface area contributed by atoms with Crippen molar-refractivity contribution in [1.29, 1.82) is 0 Å². The number of carbonyl (C=O) groups excluding carboxylic acids is 1. The van der Waals surface area contributed by atoms with Crippen LogP contribution in [0.5, 0.6) is 5.75 Å². The standard InChI is InChI=1S/C17H19ClN2O2/c1-12-9-15(18)6-7-16(12)22-11-17(21)20(3)13(2)14-5-4-8-19-10-14/h4-10,13H,11H2,1-3H3. The molecule has 0 aliphatic carbocycles. The lowest BCUT2D eigenvalue weighted by Gasteiger charge is -2.25. The minimum atomic E-state index is -0.0919. The summed E-state index contributed by atoms with van der Waals surface area (Å²) in [4.78, 5) is 18.0. The van der Waals surface area contributed by atoms with Crippen LogP contribution in [0, 0.1) is 6.92 Å². The SMILES string of the molecule is Cc1cc(Cl)ccc1OCC(=O)N(C)C(C)c1cccnc1. The predicted molar refractivity (Wildman–Crippen MR) is 87.1 cm³/mol. The summed E-state index contributed by atoms with van der Waals surface area (Å²) in [5, 5.41) is 0.651. The number of amides is 1. The van der Waals surface area contributed by atoms with Crippen molar-refractivity contribution in [2.75, 3.05) is 13.7 Å². The number of benzene rings is 1. The summed E-state index contributed by atoms with van der Waals surface area (Å²) in [6, 6.07) is 9.08. The van der Waals surface area contributed by atoms with Gasteiger partial charge in [0.15, 0.2) is 6.61 Å². The molecule has 0 saturated heterocycles. The van der Waals surface area contributed by atoms with E-state index in [1.165, 1.54) is 0 Å². The van der Waals surface area contributed by atoms with E-state index in [2.05, 4.69) is 4.98 Å². The number of halogens is 1. The molecular weight excluding hydrogens is 300 g/mol. The highest BCUT2D eigenvalue weighted by Gasteiger charge is 2.18. The van der Waals surface area contributed by atoms with Crippen LogP contribution in [0.1, 0.15) is 24.1 Å². The molecule has 4 nitrogen and oxygen atoms in total. The average Bonchev–Trinajstić information content (AvgIpc) is 2.53. The molecule has 1 amide bonds. The summed E-state index contributed by atoms with van der Waals surface area (Å²) in [6.07, 6.45) is 3.48. The lowest BCUT2D eigenvalue weighted by Crippen LogP contribution is -2.33. The first-order chi connectivity index (χ1) is 10.5. The molecule has 0 saturated carbocycles. The zero-order valence-corrected chi connectivity index (χ0v) is 13.7. The van der Waals surface area contributed by atoms with Crippen molar-refractivity contribution in [1.82, 2.24) is 9.88 Å². The highest BCUT2D eigenvalue weighted by atomic mass is 35.5. The maximum Gasteiger partial charge on any atom is 0.260 e. The fourth-order valence-electron chi connectivity index (χ4n) is 2.08. The van der Waals surface area contributed by atoms with Gasteiger partial charge in [0.2, 0.25) is 0 Å². The molecule has 0 fully saturated rings. The monoisotopic (exact) mass is 318 g/mol. The highest BCUT2D eigenvalue weighted by Crippen LogP contribution is 2.22. The Labute approximate surface area is 135 Å². The molecule has 1 atom stereocenters. The largest absolute Gasteiger partial charge is 0.483 e. The van der Waals surface area contributed by atoms with Gasteiger partial charge in [-0.2, -0.15) is 0 Å². The summed E-state index contributed by atoms with van der Waals surface area (Å²) >= 11 is 5.90. The molecule has 1 aromatic heterocycles. The van der Waals surface area contributed by atoms with Crippen molar-refractivity contribution in [3.8, 4) is 5.75 Å². The number of ether oxygens (including phenoxy) is 1. The summed E-state index contributed by atoms with van der Waals surface area (Å²) in [5.41, 5.74) is 1.89. The molecule has 1 unspecified atom stereocenters. The molecule has 2 rings (SSSR count). The van der Waals surface area contributed by atoms with Gasteiger partial charge < -0.3 is 9.64 Å². The molecule has 116 valence electrons. The highest BCUT2D eigenvalue weighted by molar-refractivity contribution is 6.30. The third kappa shape index (κ3) is 3.98. The van der Waals surface area contributed by atoms with Gasteiger partial charge in [0.25, 0.3) is 5.91 Å². The van der Waals surface area contributed by atoms with Crippen molar-refractivity contribution in [3.05, 3.63) is 58.9 Å². The fourth-order valence-corrected chi connectivity index (χ4v) is 2.31. The Morgan fingerprint density at radius 3 is 2.82 bits per heavy atom. The second kappa shape index (κ2) is 7.27. The van der Waals surface area contributed by atoms with Gasteiger partial charge in [-0.15, -0.1) is 0 Å². The van der Waals surface area contributed by atoms with Crippen LogP contribution in [-0.2, 0) is 4.79 Å². The second-order valence-corrected chi connectivity index (χ2v) is 5.60. The lowest BCUT2D eigenvalue weighted by atomic mass is 10.1. The molecule has 0 radical (unpaired) electrons. The molecule has 0 spiro atoms. The van der Waals surface area contributed by atoms with Crippen molar-refractivity contribution >= 4 is 17.5 Å². The lowest BCUT2D eigenvalue weighted by molar-refractivity contribution is -0.134. The van der Waals surface area contributed by atoms with Gasteiger partial charge in [0, 0.05) is 24.5 Å². The smallest absolute Gasteiger partial charge is 0.260 e. The second-order valence-electron chi connectivity index (χ2n) is 5.17. The number of pyridine rings is 1. The minimum Gasteiger partial charge on any atom is -0.483 e. The fraction of sp³-hybridized carbons (Fsp3) is 0.294. The van der Waals surface area contributed by atoms with E-state index in [0.29, 0.717) is 10.8 Å². The van der Waals surface area contributed by atoms with E-state index in [1.807, 2.05) is 32.0 Å². The van der Waals surface area contributed by atoms with Gasteiger partial charge in [-0.25, -0.2) is 0 Å². The Morgan fingerprint density at radius 2 is 2.18 bits per heavy atom. The number of carbonyl (C=O) groups is 1. The summed E-state index contributed by atoms with van der Waals surface area (Å²) < 4.78 is 5.60. The van der Waals surface area contributed by atoms with Crippen molar-refractivity contribution < 1.29 is 9.53 Å². The Hall–Kier alpha value is -2.07. The third-order valence-corrected chi connectivity index (χ3v) is 3.86. The van der Waals surface area contributed by atoms with Gasteiger partial charge >= 0.3 is 0 Å². The van der Waals surface area contributed by atoms with Gasteiger partial charge in [0.1, 0.15) is 5.75 Å². The van der Waals surface area contributed by atoms with Crippen molar-refractivity contribution in [2.24, 2.45) is 0 Å². The van der Waals surface area contributed by atoms with Crippen LogP contribution < -0.4 is 4.74 Å². The average molecular weight is 319 g/mol. The maximum absolute atomic E-state index is 12.3. The summed E-state index contributed by atoms with van der Waals surface area (Å²) in [6.45, 7) is 3.85. The molecule has 0 aliphatic rings. The predicted octanol–water partition coefficient (Wildman–Crippen LogP) is 3.64.